The molecule has 13 heteroatoms. The van der Waals surface area contributed by atoms with Crippen molar-refractivity contribution in [2.45, 2.75) is 103 Å². The first-order valence-electron chi connectivity index (χ1n) is 11.9. The van der Waals surface area contributed by atoms with Crippen molar-refractivity contribution in [1.82, 2.24) is 10.2 Å². The highest BCUT2D eigenvalue weighted by molar-refractivity contribution is 5.73. The molecule has 36 heavy (non-hydrogen) atoms. The molecule has 1 fully saturated rings. The van der Waals surface area contributed by atoms with E-state index in [2.05, 4.69) is 44.8 Å². The number of nitrogens with zero attached hydrogens (tertiary/aromatic N) is 1. The normalized spacial score (nSPS) is 17.5. The second-order valence-electron chi connectivity index (χ2n) is 10.2. The van der Waals surface area contributed by atoms with Gasteiger partial charge in [0.05, 0.1) is 0 Å². The van der Waals surface area contributed by atoms with Crippen LogP contribution in [-0.2, 0) is 9.59 Å². The van der Waals surface area contributed by atoms with Crippen molar-refractivity contribution in [2.75, 3.05) is 26.2 Å². The molecule has 0 saturated carbocycles. The Morgan fingerprint density at radius 2 is 1.22 bits per heavy atom. The molecule has 1 rings (SSSR count). The van der Waals surface area contributed by atoms with Crippen LogP contribution in [0.15, 0.2) is 0 Å². The smallest absolute Gasteiger partial charge is 0.475 e. The standard InChI is InChI=1S/C19H40N2O.2C2HF3O2/c1-6-7-11-21(12-8-9-14-22)13-10-17-15-18(2,3)20-19(4,5)16-17;2*3-2(4,5)1(6)7/h17,20,22H,6-16H2,1-5H3;2*(H,6,7). The number of hydrogen-bond acceptors (Lipinski definition) is 5. The fourth-order valence-electron chi connectivity index (χ4n) is 4.27. The van der Waals surface area contributed by atoms with Gasteiger partial charge >= 0.3 is 24.3 Å². The molecule has 0 amide bonds. The van der Waals surface area contributed by atoms with Crippen LogP contribution in [0.25, 0.3) is 0 Å². The Labute approximate surface area is 209 Å². The lowest BCUT2D eigenvalue weighted by molar-refractivity contribution is -0.193. The minimum atomic E-state index is -5.08. The van der Waals surface area contributed by atoms with Crippen LogP contribution in [0.3, 0.4) is 0 Å². The lowest BCUT2D eigenvalue weighted by atomic mass is 9.74. The second kappa shape index (κ2) is 16.3. The molecule has 0 aromatic rings. The summed E-state index contributed by atoms with van der Waals surface area (Å²) in [5.41, 5.74) is 0.523. The molecule has 0 aromatic carbocycles. The lowest BCUT2D eigenvalue weighted by Gasteiger charge is -2.47. The molecule has 7 nitrogen and oxygen atoms in total. The number of halogens is 6. The van der Waals surface area contributed by atoms with E-state index < -0.39 is 24.3 Å². The molecule has 0 atom stereocenters. The minimum absolute atomic E-state index is 0.261. The third-order valence-corrected chi connectivity index (χ3v) is 5.32. The first-order chi connectivity index (χ1) is 16.2. The molecule has 1 aliphatic rings. The van der Waals surface area contributed by atoms with Crippen LogP contribution in [0.4, 0.5) is 26.3 Å². The molecule has 216 valence electrons. The van der Waals surface area contributed by atoms with E-state index in [4.69, 9.17) is 24.9 Å². The predicted octanol–water partition coefficient (Wildman–Crippen LogP) is 5.07. The van der Waals surface area contributed by atoms with E-state index in [1.807, 2.05) is 0 Å². The Kier molecular flexibility index (Phi) is 16.5. The molecule has 0 aliphatic carbocycles. The number of carboxylic acids is 2. The van der Waals surface area contributed by atoms with Crippen molar-refractivity contribution >= 4 is 11.9 Å². The van der Waals surface area contributed by atoms with Gasteiger partial charge in [-0.3, -0.25) is 0 Å². The maximum atomic E-state index is 10.6. The molecule has 0 unspecified atom stereocenters. The van der Waals surface area contributed by atoms with Crippen molar-refractivity contribution in [3.63, 3.8) is 0 Å². The first-order valence-corrected chi connectivity index (χ1v) is 11.9. The van der Waals surface area contributed by atoms with Gasteiger partial charge in [-0.05, 0) is 91.8 Å². The van der Waals surface area contributed by atoms with Crippen LogP contribution in [-0.4, -0.2) is 81.8 Å². The highest BCUT2D eigenvalue weighted by Gasteiger charge is 2.39. The first kappa shape index (κ1) is 36.6. The number of hydrogen-bond donors (Lipinski definition) is 4. The number of aliphatic hydroxyl groups is 1. The second-order valence-corrected chi connectivity index (χ2v) is 10.2. The summed E-state index contributed by atoms with van der Waals surface area (Å²) in [7, 11) is 0. The number of nitrogens with one attached hydrogen (secondary N) is 1. The predicted molar refractivity (Wildman–Crippen MR) is 124 cm³/mol. The van der Waals surface area contributed by atoms with E-state index >= 15 is 0 Å². The van der Waals surface area contributed by atoms with E-state index in [0.29, 0.717) is 6.61 Å². The fourth-order valence-corrected chi connectivity index (χ4v) is 4.27. The molecule has 0 bridgehead atoms. The summed E-state index contributed by atoms with van der Waals surface area (Å²) in [6.45, 7) is 15.6. The summed E-state index contributed by atoms with van der Waals surface area (Å²) in [5, 5.41) is 27.0. The van der Waals surface area contributed by atoms with Crippen LogP contribution in [0, 0.1) is 5.92 Å². The van der Waals surface area contributed by atoms with Gasteiger partial charge in [-0.1, -0.05) is 13.3 Å². The van der Waals surface area contributed by atoms with E-state index in [-0.39, 0.29) is 11.1 Å². The molecule has 1 heterocycles. The van der Waals surface area contributed by atoms with Crippen molar-refractivity contribution in [3.8, 4) is 0 Å². The van der Waals surface area contributed by atoms with Crippen molar-refractivity contribution in [3.05, 3.63) is 0 Å². The zero-order valence-corrected chi connectivity index (χ0v) is 21.7. The summed E-state index contributed by atoms with van der Waals surface area (Å²) in [6.07, 6.45) is -1.65. The Balaban J connectivity index is 0. The number of aliphatic carboxylic acids is 2. The van der Waals surface area contributed by atoms with Gasteiger partial charge in [0, 0.05) is 17.7 Å². The number of carbonyl (C=O) groups is 2. The molecular weight excluding hydrogens is 498 g/mol. The highest BCUT2D eigenvalue weighted by atomic mass is 19.4. The van der Waals surface area contributed by atoms with E-state index in [0.717, 1.165) is 25.3 Å². The Hall–Kier alpha value is -1.60. The zero-order chi connectivity index (χ0) is 28.8. The van der Waals surface area contributed by atoms with Crippen molar-refractivity contribution in [1.29, 1.82) is 0 Å². The number of unbranched alkanes of at least 4 members (excludes halogenated alkanes) is 2. The minimum Gasteiger partial charge on any atom is -0.475 e. The largest absolute Gasteiger partial charge is 0.490 e. The molecule has 0 aromatic heterocycles. The quantitative estimate of drug-likeness (QED) is 0.226. The average Bonchev–Trinajstić information content (AvgIpc) is 2.67. The van der Waals surface area contributed by atoms with Gasteiger partial charge in [0.15, 0.2) is 0 Å². The van der Waals surface area contributed by atoms with Gasteiger partial charge in [-0.2, -0.15) is 26.3 Å². The van der Waals surface area contributed by atoms with Crippen LogP contribution >= 0.6 is 0 Å². The van der Waals surface area contributed by atoms with Gasteiger partial charge < -0.3 is 25.5 Å². The summed E-state index contributed by atoms with van der Waals surface area (Å²) in [5.74, 6) is -4.69. The number of rotatable bonds is 10. The van der Waals surface area contributed by atoms with E-state index in [9.17, 15) is 26.3 Å². The molecule has 0 radical (unpaired) electrons. The van der Waals surface area contributed by atoms with Gasteiger partial charge in [-0.15, -0.1) is 0 Å². The topological polar surface area (TPSA) is 110 Å². The van der Waals surface area contributed by atoms with Gasteiger partial charge in [0.25, 0.3) is 0 Å². The average molecular weight is 541 g/mol. The molecular formula is C23H42F6N2O5. The molecule has 0 spiro atoms. The van der Waals surface area contributed by atoms with Gasteiger partial charge in [-0.25, -0.2) is 9.59 Å². The Bertz CT molecular complexity index is 599. The summed E-state index contributed by atoms with van der Waals surface area (Å²) in [6, 6.07) is 0. The van der Waals surface area contributed by atoms with Crippen LogP contribution in [0.1, 0.15) is 79.6 Å². The van der Waals surface area contributed by atoms with Crippen molar-refractivity contribution < 1.29 is 51.3 Å². The number of aliphatic hydroxyl groups excluding tert-OH is 1. The third-order valence-electron chi connectivity index (χ3n) is 5.32. The van der Waals surface area contributed by atoms with Crippen LogP contribution in [0.5, 0.6) is 0 Å². The number of carboxylic acid groups (broad SMARTS) is 2. The van der Waals surface area contributed by atoms with Crippen molar-refractivity contribution in [2.24, 2.45) is 5.92 Å². The third kappa shape index (κ3) is 19.6. The molecule has 4 N–H and O–H groups in total. The number of piperidine rings is 1. The Morgan fingerprint density at radius 3 is 1.56 bits per heavy atom. The van der Waals surface area contributed by atoms with E-state index in [1.165, 1.54) is 45.2 Å². The maximum absolute atomic E-state index is 10.6. The summed E-state index contributed by atoms with van der Waals surface area (Å²) in [4.78, 5) is 20.4. The molecule has 1 aliphatic heterocycles. The summed E-state index contributed by atoms with van der Waals surface area (Å²) >= 11 is 0. The Morgan fingerprint density at radius 1 is 0.833 bits per heavy atom. The zero-order valence-electron chi connectivity index (χ0n) is 21.7. The fraction of sp³-hybridized carbons (Fsp3) is 0.913. The van der Waals surface area contributed by atoms with Crippen LogP contribution in [0.2, 0.25) is 0 Å². The summed E-state index contributed by atoms with van der Waals surface area (Å²) < 4.78 is 63.5. The SMILES string of the molecule is CCCCN(CCCCO)CCC1CC(C)(C)NC(C)(C)C1.O=C(O)C(F)(F)F.O=C(O)C(F)(F)F. The maximum Gasteiger partial charge on any atom is 0.490 e. The monoisotopic (exact) mass is 540 g/mol. The van der Waals surface area contributed by atoms with Gasteiger partial charge in [0.1, 0.15) is 0 Å². The van der Waals surface area contributed by atoms with E-state index in [1.54, 1.807) is 0 Å². The van der Waals surface area contributed by atoms with Gasteiger partial charge in [0.2, 0.25) is 0 Å². The highest BCUT2D eigenvalue weighted by Crippen LogP contribution is 2.34. The number of alkyl halides is 6. The molecule has 1 saturated heterocycles. The lowest BCUT2D eigenvalue weighted by Crippen LogP contribution is -2.58. The van der Waals surface area contributed by atoms with Crippen LogP contribution < -0.4 is 5.32 Å².